The molecule has 0 radical (unpaired) electrons. The van der Waals surface area contributed by atoms with Crippen molar-refractivity contribution in [3.63, 3.8) is 0 Å². The third-order valence-corrected chi connectivity index (χ3v) is 6.63. The molecule has 1 aliphatic rings. The monoisotopic (exact) mass is 406 g/mol. The van der Waals surface area contributed by atoms with Gasteiger partial charge in [-0.1, -0.05) is 68.2 Å². The van der Waals surface area contributed by atoms with Gasteiger partial charge in [0, 0.05) is 15.5 Å². The van der Waals surface area contributed by atoms with E-state index in [9.17, 15) is 10.2 Å². The standard InChI is InChI=1S/C23H28Cl2O2/c1-15-10-22(2,3)14-23(11-15,18-6-4-16(12-26)20(24)8-18)19-7-5-17(13-27)21(25)9-19/h4-9,15,26-27H,10-14H2,1-3H3. The van der Waals surface area contributed by atoms with Gasteiger partial charge in [-0.25, -0.2) is 0 Å². The van der Waals surface area contributed by atoms with Crippen LogP contribution in [0.1, 0.15) is 62.3 Å². The van der Waals surface area contributed by atoms with Crippen molar-refractivity contribution in [1.29, 1.82) is 0 Å². The van der Waals surface area contributed by atoms with Crippen LogP contribution >= 0.6 is 23.2 Å². The minimum absolute atomic E-state index is 0.0645. The van der Waals surface area contributed by atoms with Gasteiger partial charge in [0.2, 0.25) is 0 Å². The molecular formula is C23H28Cl2O2. The summed E-state index contributed by atoms with van der Waals surface area (Å²) in [6, 6.07) is 12.1. The minimum Gasteiger partial charge on any atom is -0.392 e. The summed E-state index contributed by atoms with van der Waals surface area (Å²) in [7, 11) is 0. The van der Waals surface area contributed by atoms with Crippen LogP contribution in [0.3, 0.4) is 0 Å². The number of aliphatic hydroxyl groups is 2. The van der Waals surface area contributed by atoms with Crippen LogP contribution in [0.2, 0.25) is 10.0 Å². The first-order valence-electron chi connectivity index (χ1n) is 9.50. The Labute approximate surface area is 172 Å². The first-order chi connectivity index (χ1) is 12.7. The molecule has 0 aliphatic heterocycles. The van der Waals surface area contributed by atoms with Crippen LogP contribution in [0.5, 0.6) is 0 Å². The Bertz CT molecular complexity index is 776. The van der Waals surface area contributed by atoms with Gasteiger partial charge in [-0.3, -0.25) is 0 Å². The van der Waals surface area contributed by atoms with Crippen LogP contribution in [-0.2, 0) is 18.6 Å². The first kappa shape index (κ1) is 20.7. The van der Waals surface area contributed by atoms with Gasteiger partial charge in [-0.15, -0.1) is 0 Å². The second-order valence-corrected chi connectivity index (χ2v) is 9.68. The lowest BCUT2D eigenvalue weighted by atomic mass is 9.55. The molecule has 4 heteroatoms. The van der Waals surface area contributed by atoms with E-state index in [1.165, 1.54) is 6.42 Å². The van der Waals surface area contributed by atoms with E-state index in [2.05, 4.69) is 32.9 Å². The molecule has 146 valence electrons. The Balaban J connectivity index is 2.21. The molecule has 0 saturated heterocycles. The molecule has 3 rings (SSSR count). The molecule has 2 nitrogen and oxygen atoms in total. The summed E-state index contributed by atoms with van der Waals surface area (Å²) >= 11 is 12.9. The molecule has 1 unspecified atom stereocenters. The molecule has 0 heterocycles. The average molecular weight is 407 g/mol. The Morgan fingerprint density at radius 1 is 0.889 bits per heavy atom. The van der Waals surface area contributed by atoms with Crippen molar-refractivity contribution in [2.75, 3.05) is 0 Å². The Kier molecular flexibility index (Phi) is 5.93. The highest BCUT2D eigenvalue weighted by Crippen LogP contribution is 2.54. The summed E-state index contributed by atoms with van der Waals surface area (Å²) in [6.45, 7) is 6.83. The van der Waals surface area contributed by atoms with Crippen molar-refractivity contribution in [3.05, 3.63) is 68.7 Å². The lowest BCUT2D eigenvalue weighted by Gasteiger charge is -2.49. The van der Waals surface area contributed by atoms with Crippen LogP contribution in [0.25, 0.3) is 0 Å². The topological polar surface area (TPSA) is 40.5 Å². The van der Waals surface area contributed by atoms with Gasteiger partial charge in [-0.05, 0) is 65.0 Å². The van der Waals surface area contributed by atoms with Crippen LogP contribution in [-0.4, -0.2) is 10.2 Å². The Morgan fingerprint density at radius 3 is 1.74 bits per heavy atom. The first-order valence-corrected chi connectivity index (χ1v) is 10.3. The highest BCUT2D eigenvalue weighted by molar-refractivity contribution is 6.31. The van der Waals surface area contributed by atoms with Gasteiger partial charge in [0.15, 0.2) is 0 Å². The van der Waals surface area contributed by atoms with Gasteiger partial charge in [0.05, 0.1) is 13.2 Å². The van der Waals surface area contributed by atoms with E-state index in [1.54, 1.807) is 0 Å². The summed E-state index contributed by atoms with van der Waals surface area (Å²) in [5.41, 5.74) is 3.80. The SMILES string of the molecule is CC1CC(C)(C)CC(c2ccc(CO)c(Cl)c2)(c2ccc(CO)c(Cl)c2)C1. The lowest BCUT2D eigenvalue weighted by Crippen LogP contribution is -2.41. The summed E-state index contributed by atoms with van der Waals surface area (Å²) in [4.78, 5) is 0. The molecule has 2 aromatic carbocycles. The van der Waals surface area contributed by atoms with E-state index in [0.717, 1.165) is 35.1 Å². The minimum atomic E-state index is -0.198. The number of benzene rings is 2. The van der Waals surface area contributed by atoms with E-state index < -0.39 is 0 Å². The zero-order chi connectivity index (χ0) is 19.8. The molecule has 1 fully saturated rings. The van der Waals surface area contributed by atoms with Crippen molar-refractivity contribution in [2.45, 2.75) is 58.7 Å². The molecule has 1 saturated carbocycles. The normalized spacial score (nSPS) is 21.2. The predicted molar refractivity (Wildman–Crippen MR) is 112 cm³/mol. The molecule has 0 spiro atoms. The van der Waals surface area contributed by atoms with Gasteiger partial charge >= 0.3 is 0 Å². The largest absolute Gasteiger partial charge is 0.392 e. The Morgan fingerprint density at radius 2 is 1.37 bits per heavy atom. The maximum atomic E-state index is 9.49. The van der Waals surface area contributed by atoms with Gasteiger partial charge in [0.25, 0.3) is 0 Å². The van der Waals surface area contributed by atoms with Crippen LogP contribution in [0.4, 0.5) is 0 Å². The van der Waals surface area contributed by atoms with E-state index in [1.807, 2.05) is 24.3 Å². The average Bonchev–Trinajstić information content (AvgIpc) is 2.59. The number of halogens is 2. The molecule has 27 heavy (non-hydrogen) atoms. The summed E-state index contributed by atoms with van der Waals surface area (Å²) in [5, 5.41) is 20.2. The van der Waals surface area contributed by atoms with Crippen LogP contribution in [0.15, 0.2) is 36.4 Å². The number of hydrogen-bond donors (Lipinski definition) is 2. The number of aliphatic hydroxyl groups excluding tert-OH is 2. The zero-order valence-corrected chi connectivity index (χ0v) is 17.7. The molecule has 2 N–H and O–H groups in total. The molecule has 0 aromatic heterocycles. The molecule has 1 atom stereocenters. The van der Waals surface area contributed by atoms with Gasteiger partial charge in [-0.2, -0.15) is 0 Å². The van der Waals surface area contributed by atoms with Crippen LogP contribution < -0.4 is 0 Å². The molecule has 0 bridgehead atoms. The van der Waals surface area contributed by atoms with E-state index in [-0.39, 0.29) is 24.0 Å². The highest BCUT2D eigenvalue weighted by Gasteiger charge is 2.45. The fourth-order valence-electron chi connectivity index (χ4n) is 5.12. The summed E-state index contributed by atoms with van der Waals surface area (Å²) in [5.74, 6) is 0.557. The molecular weight excluding hydrogens is 379 g/mol. The van der Waals surface area contributed by atoms with E-state index in [4.69, 9.17) is 23.2 Å². The molecule has 0 amide bonds. The lowest BCUT2D eigenvalue weighted by molar-refractivity contribution is 0.127. The quantitative estimate of drug-likeness (QED) is 0.642. The molecule has 1 aliphatic carbocycles. The van der Waals surface area contributed by atoms with Crippen LogP contribution in [0, 0.1) is 11.3 Å². The van der Waals surface area contributed by atoms with Crippen molar-refractivity contribution in [3.8, 4) is 0 Å². The predicted octanol–water partition coefficient (Wildman–Crippen LogP) is 6.11. The maximum Gasteiger partial charge on any atom is 0.0696 e. The summed E-state index contributed by atoms with van der Waals surface area (Å²) in [6.07, 6.45) is 3.19. The highest BCUT2D eigenvalue weighted by atomic mass is 35.5. The number of rotatable bonds is 4. The van der Waals surface area contributed by atoms with E-state index in [0.29, 0.717) is 16.0 Å². The Hall–Kier alpha value is -1.06. The smallest absolute Gasteiger partial charge is 0.0696 e. The van der Waals surface area contributed by atoms with Crippen molar-refractivity contribution in [1.82, 2.24) is 0 Å². The maximum absolute atomic E-state index is 9.49. The second kappa shape index (κ2) is 7.75. The summed E-state index contributed by atoms with van der Waals surface area (Å²) < 4.78 is 0. The number of hydrogen-bond acceptors (Lipinski definition) is 2. The second-order valence-electron chi connectivity index (χ2n) is 8.87. The molecule has 2 aromatic rings. The van der Waals surface area contributed by atoms with Gasteiger partial charge in [0.1, 0.15) is 0 Å². The van der Waals surface area contributed by atoms with Gasteiger partial charge < -0.3 is 10.2 Å². The zero-order valence-electron chi connectivity index (χ0n) is 16.2. The van der Waals surface area contributed by atoms with Crippen molar-refractivity contribution in [2.24, 2.45) is 11.3 Å². The van der Waals surface area contributed by atoms with Crippen molar-refractivity contribution < 1.29 is 10.2 Å². The fourth-order valence-corrected chi connectivity index (χ4v) is 5.61. The third-order valence-electron chi connectivity index (χ3n) is 5.93. The van der Waals surface area contributed by atoms with Crippen molar-refractivity contribution >= 4 is 23.2 Å². The van der Waals surface area contributed by atoms with E-state index >= 15 is 0 Å². The fraction of sp³-hybridized carbons (Fsp3) is 0.478. The third kappa shape index (κ3) is 4.05.